The third-order valence-corrected chi connectivity index (χ3v) is 3.67. The molecule has 0 fully saturated rings. The molecule has 6 nitrogen and oxygen atoms in total. The highest BCUT2D eigenvalue weighted by atomic mass is 16.5. The van der Waals surface area contributed by atoms with Gasteiger partial charge < -0.3 is 10.1 Å². The summed E-state index contributed by atoms with van der Waals surface area (Å²) in [6.45, 7) is 4.03. The largest absolute Gasteiger partial charge is 0.497 e. The Morgan fingerprint density at radius 3 is 2.59 bits per heavy atom. The third-order valence-electron chi connectivity index (χ3n) is 3.67. The van der Waals surface area contributed by atoms with E-state index in [9.17, 15) is 0 Å². The van der Waals surface area contributed by atoms with Crippen LogP contribution in [0.3, 0.4) is 0 Å². The standard InChI is InChI=1S/C16H19N5O/c1-4-14(12-5-7-13(22-3)8-6-12)17-15-9-10-16-19-18-11(2)21(16)20-15/h5-10,14H,4H2,1-3H3,(H,17,20)/t14-/m0/s1. The minimum Gasteiger partial charge on any atom is -0.497 e. The maximum absolute atomic E-state index is 5.20. The Hall–Kier alpha value is -2.63. The summed E-state index contributed by atoms with van der Waals surface area (Å²) in [6.07, 6.45) is 0.952. The smallest absolute Gasteiger partial charge is 0.178 e. The molecule has 1 aromatic carbocycles. The lowest BCUT2D eigenvalue weighted by Crippen LogP contribution is -2.12. The minimum atomic E-state index is 0.188. The number of nitrogens with zero attached hydrogens (tertiary/aromatic N) is 4. The van der Waals surface area contributed by atoms with E-state index in [1.54, 1.807) is 11.6 Å². The van der Waals surface area contributed by atoms with Crippen molar-refractivity contribution in [1.82, 2.24) is 19.8 Å². The molecule has 0 radical (unpaired) electrons. The molecule has 114 valence electrons. The van der Waals surface area contributed by atoms with Gasteiger partial charge in [0.1, 0.15) is 11.6 Å². The second-order valence-corrected chi connectivity index (χ2v) is 5.11. The van der Waals surface area contributed by atoms with Crippen molar-refractivity contribution in [2.75, 3.05) is 12.4 Å². The molecule has 0 aliphatic heterocycles. The predicted molar refractivity (Wildman–Crippen MR) is 85.2 cm³/mol. The predicted octanol–water partition coefficient (Wildman–Crippen LogP) is 3.00. The molecule has 3 aromatic rings. The average molecular weight is 297 g/mol. The Bertz CT molecular complexity index is 766. The van der Waals surface area contributed by atoms with Gasteiger partial charge in [0.05, 0.1) is 13.2 Å². The molecule has 22 heavy (non-hydrogen) atoms. The molecular formula is C16H19N5O. The molecule has 1 N–H and O–H groups in total. The van der Waals surface area contributed by atoms with Crippen LogP contribution in [-0.4, -0.2) is 26.9 Å². The first-order valence-corrected chi connectivity index (χ1v) is 7.31. The number of aryl methyl sites for hydroxylation is 1. The second-order valence-electron chi connectivity index (χ2n) is 5.11. The van der Waals surface area contributed by atoms with Gasteiger partial charge in [-0.1, -0.05) is 19.1 Å². The van der Waals surface area contributed by atoms with E-state index in [1.165, 1.54) is 5.56 Å². The number of hydrogen-bond acceptors (Lipinski definition) is 5. The van der Waals surface area contributed by atoms with Crippen molar-refractivity contribution in [3.63, 3.8) is 0 Å². The fraction of sp³-hybridized carbons (Fsp3) is 0.312. The number of hydrogen-bond donors (Lipinski definition) is 1. The third kappa shape index (κ3) is 2.72. The van der Waals surface area contributed by atoms with E-state index in [0.717, 1.165) is 29.5 Å². The monoisotopic (exact) mass is 297 g/mol. The average Bonchev–Trinajstić information content (AvgIpc) is 2.93. The van der Waals surface area contributed by atoms with Gasteiger partial charge in [0.15, 0.2) is 11.5 Å². The molecular weight excluding hydrogens is 278 g/mol. The van der Waals surface area contributed by atoms with Crippen LogP contribution in [0.5, 0.6) is 5.75 Å². The zero-order chi connectivity index (χ0) is 15.5. The van der Waals surface area contributed by atoms with Crippen molar-refractivity contribution < 1.29 is 4.74 Å². The lowest BCUT2D eigenvalue weighted by Gasteiger charge is -2.18. The van der Waals surface area contributed by atoms with E-state index in [4.69, 9.17) is 4.74 Å². The van der Waals surface area contributed by atoms with Gasteiger partial charge in [0.25, 0.3) is 0 Å². The van der Waals surface area contributed by atoms with Gasteiger partial charge in [0, 0.05) is 0 Å². The van der Waals surface area contributed by atoms with E-state index in [1.807, 2.05) is 31.2 Å². The van der Waals surface area contributed by atoms with E-state index in [0.29, 0.717) is 0 Å². The quantitative estimate of drug-likeness (QED) is 0.784. The van der Waals surface area contributed by atoms with Crippen LogP contribution >= 0.6 is 0 Å². The molecule has 1 atom stereocenters. The molecule has 0 saturated heterocycles. The lowest BCUT2D eigenvalue weighted by atomic mass is 10.0. The number of aromatic nitrogens is 4. The number of ether oxygens (including phenoxy) is 1. The number of benzene rings is 1. The highest BCUT2D eigenvalue weighted by molar-refractivity contribution is 5.45. The topological polar surface area (TPSA) is 64.3 Å². The van der Waals surface area contributed by atoms with Crippen molar-refractivity contribution in [2.45, 2.75) is 26.3 Å². The van der Waals surface area contributed by atoms with Crippen LogP contribution in [0.1, 0.15) is 30.8 Å². The van der Waals surface area contributed by atoms with Crippen LogP contribution in [0, 0.1) is 6.92 Å². The summed E-state index contributed by atoms with van der Waals surface area (Å²) >= 11 is 0. The maximum atomic E-state index is 5.20. The molecule has 0 bridgehead atoms. The van der Waals surface area contributed by atoms with Crippen LogP contribution < -0.4 is 10.1 Å². The van der Waals surface area contributed by atoms with Crippen LogP contribution in [0.2, 0.25) is 0 Å². The lowest BCUT2D eigenvalue weighted by molar-refractivity contribution is 0.414. The summed E-state index contributed by atoms with van der Waals surface area (Å²) in [5, 5.41) is 16.1. The molecule has 0 saturated carbocycles. The Morgan fingerprint density at radius 2 is 1.91 bits per heavy atom. The number of methoxy groups -OCH3 is 1. The van der Waals surface area contributed by atoms with Gasteiger partial charge >= 0.3 is 0 Å². The molecule has 0 aliphatic carbocycles. The first-order chi connectivity index (χ1) is 10.7. The molecule has 0 unspecified atom stereocenters. The zero-order valence-corrected chi connectivity index (χ0v) is 12.9. The van der Waals surface area contributed by atoms with Gasteiger partial charge in [-0.3, -0.25) is 0 Å². The van der Waals surface area contributed by atoms with Crippen molar-refractivity contribution in [3.8, 4) is 5.75 Å². The normalized spacial score (nSPS) is 12.3. The summed E-state index contributed by atoms with van der Waals surface area (Å²) in [7, 11) is 1.67. The number of rotatable bonds is 5. The van der Waals surface area contributed by atoms with Crippen molar-refractivity contribution in [2.24, 2.45) is 0 Å². The fourth-order valence-corrected chi connectivity index (χ4v) is 2.41. The summed E-state index contributed by atoms with van der Waals surface area (Å²) in [4.78, 5) is 0. The Balaban J connectivity index is 1.85. The second kappa shape index (κ2) is 6.01. The SMILES string of the molecule is CC[C@H](Nc1ccc2nnc(C)n2n1)c1ccc(OC)cc1. The van der Waals surface area contributed by atoms with E-state index in [2.05, 4.69) is 39.7 Å². The molecule has 6 heteroatoms. The highest BCUT2D eigenvalue weighted by Gasteiger charge is 2.11. The molecule has 0 aliphatic rings. The fourth-order valence-electron chi connectivity index (χ4n) is 2.41. The first-order valence-electron chi connectivity index (χ1n) is 7.31. The van der Waals surface area contributed by atoms with E-state index < -0.39 is 0 Å². The van der Waals surface area contributed by atoms with Gasteiger partial charge in [-0.15, -0.1) is 15.3 Å². The van der Waals surface area contributed by atoms with Gasteiger partial charge in [-0.05, 0) is 43.2 Å². The van der Waals surface area contributed by atoms with Gasteiger partial charge in [-0.25, -0.2) is 0 Å². The van der Waals surface area contributed by atoms with Crippen LogP contribution in [0.25, 0.3) is 5.65 Å². The Morgan fingerprint density at radius 1 is 1.14 bits per heavy atom. The number of fused-ring (bicyclic) bond motifs is 1. The molecule has 3 rings (SSSR count). The van der Waals surface area contributed by atoms with Crippen LogP contribution in [-0.2, 0) is 0 Å². The van der Waals surface area contributed by atoms with Crippen LogP contribution in [0.4, 0.5) is 5.82 Å². The summed E-state index contributed by atoms with van der Waals surface area (Å²) in [5.41, 5.74) is 1.95. The van der Waals surface area contributed by atoms with Crippen molar-refractivity contribution in [3.05, 3.63) is 47.8 Å². The first kappa shape index (κ1) is 14.3. The minimum absolute atomic E-state index is 0.188. The van der Waals surface area contributed by atoms with E-state index >= 15 is 0 Å². The number of nitrogens with one attached hydrogen (secondary N) is 1. The molecule has 2 aromatic heterocycles. The summed E-state index contributed by atoms with van der Waals surface area (Å²) in [6, 6.07) is 12.1. The van der Waals surface area contributed by atoms with E-state index in [-0.39, 0.29) is 6.04 Å². The summed E-state index contributed by atoms with van der Waals surface area (Å²) < 4.78 is 6.94. The summed E-state index contributed by atoms with van der Waals surface area (Å²) in [5.74, 6) is 2.44. The van der Waals surface area contributed by atoms with Gasteiger partial charge in [-0.2, -0.15) is 4.52 Å². The molecule has 2 heterocycles. The molecule has 0 amide bonds. The molecule has 0 spiro atoms. The zero-order valence-electron chi connectivity index (χ0n) is 12.9. The highest BCUT2D eigenvalue weighted by Crippen LogP contribution is 2.23. The maximum Gasteiger partial charge on any atom is 0.178 e. The Labute approximate surface area is 129 Å². The van der Waals surface area contributed by atoms with Crippen LogP contribution in [0.15, 0.2) is 36.4 Å². The van der Waals surface area contributed by atoms with Gasteiger partial charge in [0.2, 0.25) is 0 Å². The van der Waals surface area contributed by atoms with Crippen molar-refractivity contribution in [1.29, 1.82) is 0 Å². The van der Waals surface area contributed by atoms with Crippen molar-refractivity contribution >= 4 is 11.5 Å². The Kier molecular flexibility index (Phi) is 3.91. The number of anilines is 1.